The van der Waals surface area contributed by atoms with Gasteiger partial charge in [-0.3, -0.25) is 0 Å². The predicted octanol–water partition coefficient (Wildman–Crippen LogP) is 2.51. The van der Waals surface area contributed by atoms with Gasteiger partial charge >= 0.3 is 5.97 Å². The Hall–Kier alpha value is -0.770. The molecule has 0 aromatic carbocycles. The molecule has 0 saturated carbocycles. The van der Waals surface area contributed by atoms with Crippen LogP contribution in [-0.4, -0.2) is 15.6 Å². The fourth-order valence-electron chi connectivity index (χ4n) is 1.44. The molecule has 1 rings (SSSR count). The second-order valence-corrected chi connectivity index (χ2v) is 3.96. The highest BCUT2D eigenvalue weighted by Gasteiger charge is 2.18. The maximum Gasteiger partial charge on any atom is 0.326 e. The number of nitrogens with zero attached hydrogens (tertiary/aromatic N) is 1. The van der Waals surface area contributed by atoms with Crippen molar-refractivity contribution in [2.45, 2.75) is 26.8 Å². The Balaban J connectivity index is 3.20. The van der Waals surface area contributed by atoms with Crippen LogP contribution >= 0.6 is 15.9 Å². The summed E-state index contributed by atoms with van der Waals surface area (Å²) in [6.45, 7) is 5.47. The summed E-state index contributed by atoms with van der Waals surface area (Å²) in [5, 5.41) is 8.86. The van der Waals surface area contributed by atoms with Crippen molar-refractivity contribution in [3.63, 3.8) is 0 Å². The van der Waals surface area contributed by atoms with Crippen molar-refractivity contribution in [1.82, 2.24) is 4.57 Å². The fourth-order valence-corrected chi connectivity index (χ4v) is 1.97. The topological polar surface area (TPSA) is 42.2 Å². The Labute approximate surface area is 85.5 Å². The molecule has 1 N–H and O–H groups in total. The van der Waals surface area contributed by atoms with Gasteiger partial charge in [-0.1, -0.05) is 0 Å². The Morgan fingerprint density at radius 3 is 2.46 bits per heavy atom. The van der Waals surface area contributed by atoms with Crippen molar-refractivity contribution in [2.24, 2.45) is 0 Å². The molecule has 3 nitrogen and oxygen atoms in total. The van der Waals surface area contributed by atoms with Gasteiger partial charge in [0.2, 0.25) is 0 Å². The normalized spacial score (nSPS) is 12.9. The summed E-state index contributed by atoms with van der Waals surface area (Å²) in [4.78, 5) is 10.8. The molecule has 72 valence electrons. The van der Waals surface area contributed by atoms with Gasteiger partial charge in [-0.15, -0.1) is 0 Å². The molecule has 13 heavy (non-hydrogen) atoms. The van der Waals surface area contributed by atoms with Crippen LogP contribution in [-0.2, 0) is 4.79 Å². The van der Waals surface area contributed by atoms with Gasteiger partial charge in [-0.2, -0.15) is 0 Å². The number of hydrogen-bond donors (Lipinski definition) is 1. The van der Waals surface area contributed by atoms with Crippen LogP contribution in [0.5, 0.6) is 0 Å². The molecule has 0 fully saturated rings. The van der Waals surface area contributed by atoms with Crippen molar-refractivity contribution >= 4 is 21.9 Å². The summed E-state index contributed by atoms with van der Waals surface area (Å²) in [6, 6.07) is 1.42. The summed E-state index contributed by atoms with van der Waals surface area (Å²) in [7, 11) is 0. The van der Waals surface area contributed by atoms with Gasteiger partial charge in [0, 0.05) is 15.9 Å². The average molecular weight is 246 g/mol. The first-order valence-electron chi connectivity index (χ1n) is 4.02. The maximum absolute atomic E-state index is 10.8. The van der Waals surface area contributed by atoms with Crippen molar-refractivity contribution in [3.05, 3.63) is 21.9 Å². The highest BCUT2D eigenvalue weighted by Crippen LogP contribution is 2.24. The first kappa shape index (κ1) is 10.3. The SMILES string of the molecule is Cc1cc(Br)c(C)n1C(C)C(=O)O. The Morgan fingerprint density at radius 2 is 2.15 bits per heavy atom. The summed E-state index contributed by atoms with van der Waals surface area (Å²) >= 11 is 3.37. The van der Waals surface area contributed by atoms with E-state index in [0.29, 0.717) is 0 Å². The average Bonchev–Trinajstić information content (AvgIpc) is 2.26. The van der Waals surface area contributed by atoms with Gasteiger partial charge in [0.25, 0.3) is 0 Å². The zero-order valence-corrected chi connectivity index (χ0v) is 9.42. The van der Waals surface area contributed by atoms with E-state index in [-0.39, 0.29) is 0 Å². The molecule has 1 atom stereocenters. The smallest absolute Gasteiger partial charge is 0.326 e. The third kappa shape index (κ3) is 1.77. The Bertz CT molecular complexity index is 344. The van der Waals surface area contributed by atoms with E-state index < -0.39 is 12.0 Å². The molecule has 1 unspecified atom stereocenters. The molecule has 0 aliphatic rings. The van der Waals surface area contributed by atoms with Crippen molar-refractivity contribution in [1.29, 1.82) is 0 Å². The summed E-state index contributed by atoms with van der Waals surface area (Å²) < 4.78 is 2.75. The number of carboxylic acid groups (broad SMARTS) is 1. The van der Waals surface area contributed by atoms with Crippen LogP contribution < -0.4 is 0 Å². The lowest BCUT2D eigenvalue weighted by Crippen LogP contribution is -2.17. The molecule has 0 amide bonds. The van der Waals surface area contributed by atoms with Gasteiger partial charge in [-0.05, 0) is 42.8 Å². The van der Waals surface area contributed by atoms with E-state index in [1.54, 1.807) is 11.5 Å². The highest BCUT2D eigenvalue weighted by molar-refractivity contribution is 9.10. The lowest BCUT2D eigenvalue weighted by atomic mass is 10.3. The summed E-state index contributed by atoms with van der Waals surface area (Å²) in [5.74, 6) is -0.811. The van der Waals surface area contributed by atoms with E-state index in [1.807, 2.05) is 19.9 Å². The molecule has 1 aromatic rings. The minimum absolute atomic E-state index is 0.508. The third-order valence-electron chi connectivity index (χ3n) is 2.17. The quantitative estimate of drug-likeness (QED) is 0.871. The molecule has 0 spiro atoms. The summed E-state index contributed by atoms with van der Waals surface area (Å²) in [6.07, 6.45) is 0. The minimum Gasteiger partial charge on any atom is -0.480 e. The van der Waals surface area contributed by atoms with Crippen LogP contribution in [0.3, 0.4) is 0 Å². The predicted molar refractivity (Wildman–Crippen MR) is 54.0 cm³/mol. The number of carbonyl (C=O) groups is 1. The van der Waals surface area contributed by atoms with E-state index >= 15 is 0 Å². The molecule has 0 aliphatic heterocycles. The number of halogens is 1. The number of rotatable bonds is 2. The molecule has 0 aliphatic carbocycles. The largest absolute Gasteiger partial charge is 0.480 e. The fraction of sp³-hybridized carbons (Fsp3) is 0.444. The molecule has 1 aromatic heterocycles. The summed E-state index contributed by atoms with van der Waals surface area (Å²) in [5.41, 5.74) is 1.91. The van der Waals surface area contributed by atoms with Crippen molar-refractivity contribution in [3.8, 4) is 0 Å². The minimum atomic E-state index is -0.811. The van der Waals surface area contributed by atoms with E-state index in [9.17, 15) is 4.79 Å². The van der Waals surface area contributed by atoms with Gasteiger partial charge in [-0.25, -0.2) is 4.79 Å². The molecule has 4 heteroatoms. The van der Waals surface area contributed by atoms with Crippen LogP contribution in [0, 0.1) is 13.8 Å². The van der Waals surface area contributed by atoms with Crippen LogP contribution in [0.1, 0.15) is 24.4 Å². The molecular formula is C9H12BrNO2. The van der Waals surface area contributed by atoms with Crippen LogP contribution in [0.25, 0.3) is 0 Å². The lowest BCUT2D eigenvalue weighted by Gasteiger charge is -2.13. The first-order chi connectivity index (χ1) is 5.95. The second kappa shape index (κ2) is 3.54. The molecule has 0 radical (unpaired) electrons. The number of hydrogen-bond acceptors (Lipinski definition) is 1. The van der Waals surface area contributed by atoms with Crippen LogP contribution in [0.4, 0.5) is 0 Å². The zero-order chi connectivity index (χ0) is 10.2. The van der Waals surface area contributed by atoms with Gasteiger partial charge in [0.15, 0.2) is 0 Å². The molecular weight excluding hydrogens is 234 g/mol. The van der Waals surface area contributed by atoms with Crippen LogP contribution in [0.15, 0.2) is 10.5 Å². The van der Waals surface area contributed by atoms with E-state index in [4.69, 9.17) is 5.11 Å². The second-order valence-electron chi connectivity index (χ2n) is 3.10. The standard InChI is InChI=1S/C9H12BrNO2/c1-5-4-8(10)6(2)11(5)7(3)9(12)13/h4,7H,1-3H3,(H,12,13). The molecule has 1 heterocycles. The lowest BCUT2D eigenvalue weighted by molar-refractivity contribution is -0.140. The number of aromatic nitrogens is 1. The van der Waals surface area contributed by atoms with Crippen molar-refractivity contribution in [2.75, 3.05) is 0 Å². The van der Waals surface area contributed by atoms with Gasteiger partial charge in [0.1, 0.15) is 6.04 Å². The van der Waals surface area contributed by atoms with E-state index in [2.05, 4.69) is 15.9 Å². The Morgan fingerprint density at radius 1 is 1.62 bits per heavy atom. The van der Waals surface area contributed by atoms with Gasteiger partial charge in [0.05, 0.1) is 0 Å². The number of aryl methyl sites for hydroxylation is 1. The van der Waals surface area contributed by atoms with E-state index in [1.165, 1.54) is 0 Å². The van der Waals surface area contributed by atoms with Crippen LogP contribution in [0.2, 0.25) is 0 Å². The Kier molecular flexibility index (Phi) is 2.81. The number of aliphatic carboxylic acids is 1. The zero-order valence-electron chi connectivity index (χ0n) is 7.84. The molecule has 0 saturated heterocycles. The van der Waals surface area contributed by atoms with E-state index in [0.717, 1.165) is 15.9 Å². The molecule has 0 bridgehead atoms. The van der Waals surface area contributed by atoms with Gasteiger partial charge < -0.3 is 9.67 Å². The third-order valence-corrected chi connectivity index (χ3v) is 2.97. The number of carboxylic acids is 1. The first-order valence-corrected chi connectivity index (χ1v) is 4.81. The monoisotopic (exact) mass is 245 g/mol. The maximum atomic E-state index is 10.8. The van der Waals surface area contributed by atoms with Crippen molar-refractivity contribution < 1.29 is 9.90 Å². The highest BCUT2D eigenvalue weighted by atomic mass is 79.9.